The fourth-order valence-electron chi connectivity index (χ4n) is 3.67. The van der Waals surface area contributed by atoms with Gasteiger partial charge in [-0.15, -0.1) is 0 Å². The molecule has 1 amide bonds. The zero-order valence-electron chi connectivity index (χ0n) is 17.8. The first-order valence-corrected chi connectivity index (χ1v) is 11.0. The summed E-state index contributed by atoms with van der Waals surface area (Å²) in [6, 6.07) is 23.7. The molecule has 31 heavy (non-hydrogen) atoms. The molecule has 4 nitrogen and oxygen atoms in total. The van der Waals surface area contributed by atoms with Crippen LogP contribution in [0.1, 0.15) is 53.5 Å². The number of aromatic nitrogens is 2. The van der Waals surface area contributed by atoms with Gasteiger partial charge in [0.2, 0.25) is 0 Å². The highest BCUT2D eigenvalue weighted by atomic mass is 35.5. The van der Waals surface area contributed by atoms with E-state index in [9.17, 15) is 4.79 Å². The molecular weight excluding hydrogens is 406 g/mol. The molecule has 5 heteroatoms. The molecule has 1 atom stereocenters. The number of benzene rings is 3. The Bertz CT molecular complexity index is 1180. The third-order valence-electron chi connectivity index (χ3n) is 5.75. The molecular formula is C26H26ClN3O. The minimum absolute atomic E-state index is 0.145. The molecule has 1 unspecified atom stereocenters. The summed E-state index contributed by atoms with van der Waals surface area (Å²) in [5.74, 6) is 1.24. The van der Waals surface area contributed by atoms with E-state index in [1.165, 1.54) is 11.1 Å². The maximum atomic E-state index is 12.6. The number of carbonyl (C=O) groups is 1. The second-order valence-corrected chi connectivity index (χ2v) is 8.28. The highest BCUT2D eigenvalue weighted by Crippen LogP contribution is 2.21. The molecule has 4 aromatic rings. The number of hydrogen-bond acceptors (Lipinski definition) is 2. The fourth-order valence-corrected chi connectivity index (χ4v) is 3.80. The normalized spacial score (nSPS) is 12.1. The van der Waals surface area contributed by atoms with Crippen LogP contribution >= 0.6 is 11.6 Å². The van der Waals surface area contributed by atoms with Gasteiger partial charge >= 0.3 is 0 Å². The number of imidazole rings is 1. The Morgan fingerprint density at radius 3 is 2.45 bits per heavy atom. The Kier molecular flexibility index (Phi) is 6.38. The molecule has 0 spiro atoms. The summed E-state index contributed by atoms with van der Waals surface area (Å²) in [6.07, 6.45) is 1.13. The van der Waals surface area contributed by atoms with Gasteiger partial charge in [-0.3, -0.25) is 4.79 Å². The minimum Gasteiger partial charge on any atom is -0.345 e. The largest absolute Gasteiger partial charge is 0.345 e. The van der Waals surface area contributed by atoms with Crippen LogP contribution in [0.5, 0.6) is 0 Å². The van der Waals surface area contributed by atoms with Crippen molar-refractivity contribution in [3.05, 3.63) is 100 Å². The quantitative estimate of drug-likeness (QED) is 0.379. The zero-order chi connectivity index (χ0) is 21.8. The Morgan fingerprint density at radius 2 is 1.74 bits per heavy atom. The number of hydrogen-bond donors (Lipinski definition) is 1. The van der Waals surface area contributed by atoms with Gasteiger partial charge in [0.25, 0.3) is 5.91 Å². The maximum absolute atomic E-state index is 12.6. The summed E-state index contributed by atoms with van der Waals surface area (Å²) in [7, 11) is 0. The Morgan fingerprint density at radius 1 is 1.03 bits per heavy atom. The Balaban J connectivity index is 1.57. The van der Waals surface area contributed by atoms with Gasteiger partial charge in [0.1, 0.15) is 5.82 Å². The second-order valence-electron chi connectivity index (χ2n) is 7.84. The summed E-state index contributed by atoms with van der Waals surface area (Å²) >= 11 is 5.92. The standard InChI is InChI=1S/C26H26ClN3O/c1-3-18(2)20-10-8-19(9-11-20)17-30-24-7-5-4-6-23(24)29-25(30)16-28-26(31)21-12-14-22(27)15-13-21/h4-15,18H,3,16-17H2,1-2H3,(H,28,31). The van der Waals surface area contributed by atoms with Crippen molar-refractivity contribution < 1.29 is 4.79 Å². The molecule has 0 bridgehead atoms. The second kappa shape index (κ2) is 9.36. The van der Waals surface area contributed by atoms with Crippen molar-refractivity contribution in [3.8, 4) is 0 Å². The van der Waals surface area contributed by atoms with Crippen LogP contribution < -0.4 is 5.32 Å². The molecule has 0 aliphatic heterocycles. The summed E-state index contributed by atoms with van der Waals surface area (Å²) in [6.45, 7) is 5.51. The van der Waals surface area contributed by atoms with E-state index in [2.05, 4.69) is 54.1 Å². The van der Waals surface area contributed by atoms with Crippen LogP contribution in [0.3, 0.4) is 0 Å². The number of para-hydroxylation sites is 2. The summed E-state index contributed by atoms with van der Waals surface area (Å²) in [4.78, 5) is 17.3. The smallest absolute Gasteiger partial charge is 0.251 e. The van der Waals surface area contributed by atoms with E-state index in [-0.39, 0.29) is 5.91 Å². The molecule has 0 saturated carbocycles. The SMILES string of the molecule is CCC(C)c1ccc(Cn2c(CNC(=O)c3ccc(Cl)cc3)nc3ccccc32)cc1. The first kappa shape index (κ1) is 21.1. The summed E-state index contributed by atoms with van der Waals surface area (Å²) in [5.41, 5.74) is 5.13. The van der Waals surface area contributed by atoms with Crippen molar-refractivity contribution in [3.63, 3.8) is 0 Å². The molecule has 0 aliphatic rings. The van der Waals surface area contributed by atoms with Crippen molar-refractivity contribution in [2.45, 2.75) is 39.3 Å². The number of nitrogens with one attached hydrogen (secondary N) is 1. The van der Waals surface area contributed by atoms with Crippen molar-refractivity contribution in [2.75, 3.05) is 0 Å². The van der Waals surface area contributed by atoms with Gasteiger partial charge in [-0.2, -0.15) is 0 Å². The summed E-state index contributed by atoms with van der Waals surface area (Å²) < 4.78 is 2.18. The molecule has 1 N–H and O–H groups in total. The minimum atomic E-state index is -0.145. The molecule has 1 heterocycles. The lowest BCUT2D eigenvalue weighted by Crippen LogP contribution is -2.24. The van der Waals surface area contributed by atoms with Gasteiger partial charge in [0.05, 0.1) is 17.6 Å². The lowest BCUT2D eigenvalue weighted by atomic mass is 9.98. The van der Waals surface area contributed by atoms with Crippen molar-refractivity contribution in [1.29, 1.82) is 0 Å². The lowest BCUT2D eigenvalue weighted by Gasteiger charge is -2.13. The number of carbonyl (C=O) groups excluding carboxylic acids is 1. The third-order valence-corrected chi connectivity index (χ3v) is 6.00. The molecule has 0 aliphatic carbocycles. The number of fused-ring (bicyclic) bond motifs is 1. The molecule has 0 saturated heterocycles. The highest BCUT2D eigenvalue weighted by Gasteiger charge is 2.13. The van der Waals surface area contributed by atoms with E-state index in [1.807, 2.05) is 18.2 Å². The average Bonchev–Trinajstić information content (AvgIpc) is 3.15. The molecule has 1 aromatic heterocycles. The van der Waals surface area contributed by atoms with E-state index in [0.717, 1.165) is 23.3 Å². The topological polar surface area (TPSA) is 46.9 Å². The number of halogens is 1. The first-order chi connectivity index (χ1) is 15.0. The first-order valence-electron chi connectivity index (χ1n) is 10.6. The fraction of sp³-hybridized carbons (Fsp3) is 0.231. The van der Waals surface area contributed by atoms with Crippen LogP contribution in [0.4, 0.5) is 0 Å². The van der Waals surface area contributed by atoms with Crippen LogP contribution in [0.25, 0.3) is 11.0 Å². The van der Waals surface area contributed by atoms with Gasteiger partial charge < -0.3 is 9.88 Å². The van der Waals surface area contributed by atoms with Gasteiger partial charge in [-0.1, -0.05) is 61.8 Å². The van der Waals surface area contributed by atoms with Gasteiger partial charge in [-0.05, 0) is 59.9 Å². The Hall–Kier alpha value is -3.11. The van der Waals surface area contributed by atoms with Crippen LogP contribution in [0.15, 0.2) is 72.8 Å². The lowest BCUT2D eigenvalue weighted by molar-refractivity contribution is 0.0949. The number of nitrogens with zero attached hydrogens (tertiary/aromatic N) is 2. The van der Waals surface area contributed by atoms with E-state index in [0.29, 0.717) is 29.6 Å². The summed E-state index contributed by atoms with van der Waals surface area (Å²) in [5, 5.41) is 3.60. The van der Waals surface area contributed by atoms with E-state index in [1.54, 1.807) is 24.3 Å². The van der Waals surface area contributed by atoms with E-state index < -0.39 is 0 Å². The average molecular weight is 432 g/mol. The Labute approximate surface area is 187 Å². The van der Waals surface area contributed by atoms with Crippen LogP contribution in [-0.2, 0) is 13.1 Å². The number of amides is 1. The van der Waals surface area contributed by atoms with Crippen LogP contribution in [0, 0.1) is 0 Å². The zero-order valence-corrected chi connectivity index (χ0v) is 18.6. The number of rotatable bonds is 7. The maximum Gasteiger partial charge on any atom is 0.251 e. The molecule has 0 radical (unpaired) electrons. The molecule has 158 valence electrons. The van der Waals surface area contributed by atoms with Crippen LogP contribution in [0.2, 0.25) is 5.02 Å². The molecule has 3 aromatic carbocycles. The van der Waals surface area contributed by atoms with Crippen molar-refractivity contribution in [2.24, 2.45) is 0 Å². The van der Waals surface area contributed by atoms with Crippen LogP contribution in [-0.4, -0.2) is 15.5 Å². The predicted molar refractivity (Wildman–Crippen MR) is 127 cm³/mol. The van der Waals surface area contributed by atoms with Gasteiger partial charge in [0.15, 0.2) is 0 Å². The van der Waals surface area contributed by atoms with Crippen molar-refractivity contribution >= 4 is 28.5 Å². The third kappa shape index (κ3) is 4.80. The molecule has 4 rings (SSSR count). The van der Waals surface area contributed by atoms with E-state index in [4.69, 9.17) is 16.6 Å². The molecule has 0 fully saturated rings. The van der Waals surface area contributed by atoms with Crippen molar-refractivity contribution in [1.82, 2.24) is 14.9 Å². The van der Waals surface area contributed by atoms with Gasteiger partial charge in [-0.25, -0.2) is 4.98 Å². The predicted octanol–water partition coefficient (Wildman–Crippen LogP) is 6.18. The highest BCUT2D eigenvalue weighted by molar-refractivity contribution is 6.30. The monoisotopic (exact) mass is 431 g/mol. The van der Waals surface area contributed by atoms with Gasteiger partial charge in [0, 0.05) is 17.1 Å². The van der Waals surface area contributed by atoms with E-state index >= 15 is 0 Å².